The molecule has 0 radical (unpaired) electrons. The number of halogens is 2. The zero-order chi connectivity index (χ0) is 16.0. The van der Waals surface area contributed by atoms with Crippen LogP contribution in [0.15, 0.2) is 12.1 Å². The van der Waals surface area contributed by atoms with Gasteiger partial charge in [0.05, 0.1) is 11.5 Å². The second kappa shape index (κ2) is 7.51. The van der Waals surface area contributed by atoms with Gasteiger partial charge in [0.1, 0.15) is 6.54 Å². The van der Waals surface area contributed by atoms with Crippen molar-refractivity contribution in [1.29, 1.82) is 0 Å². The summed E-state index contributed by atoms with van der Waals surface area (Å²) in [7, 11) is 0. The van der Waals surface area contributed by atoms with Crippen LogP contribution >= 0.6 is 0 Å². The van der Waals surface area contributed by atoms with Crippen molar-refractivity contribution in [1.82, 2.24) is 0 Å². The van der Waals surface area contributed by atoms with Crippen LogP contribution in [0.1, 0.15) is 20.3 Å². The molecule has 1 aromatic carbocycles. The van der Waals surface area contributed by atoms with Crippen LogP contribution in [0, 0.1) is 21.7 Å². The van der Waals surface area contributed by atoms with Crippen molar-refractivity contribution < 1.29 is 23.2 Å². The summed E-state index contributed by atoms with van der Waals surface area (Å²) in [4.78, 5) is 22.8. The van der Waals surface area contributed by atoms with Gasteiger partial charge in [-0.25, -0.2) is 8.78 Å². The van der Waals surface area contributed by atoms with Crippen LogP contribution in [-0.2, 0) is 9.53 Å². The SMILES string of the molecule is CCCN(CC(=O)OCC)c1c([N+](=O)[O-])ccc(F)c1F. The van der Waals surface area contributed by atoms with Crippen molar-refractivity contribution in [3.05, 3.63) is 33.9 Å². The van der Waals surface area contributed by atoms with Gasteiger partial charge in [0.25, 0.3) is 5.69 Å². The maximum atomic E-state index is 14.0. The zero-order valence-corrected chi connectivity index (χ0v) is 11.8. The van der Waals surface area contributed by atoms with Crippen molar-refractivity contribution in [2.75, 3.05) is 24.6 Å². The van der Waals surface area contributed by atoms with E-state index in [9.17, 15) is 23.7 Å². The van der Waals surface area contributed by atoms with Crippen molar-refractivity contribution in [2.45, 2.75) is 20.3 Å². The standard InChI is InChI=1S/C13H16F2N2O4/c1-3-7-16(8-11(18)21-4-2)13-10(17(19)20)6-5-9(14)12(13)15/h5-6H,3-4,7-8H2,1-2H3. The number of nitrogens with zero attached hydrogens (tertiary/aromatic N) is 2. The molecule has 0 atom stereocenters. The molecule has 21 heavy (non-hydrogen) atoms. The highest BCUT2D eigenvalue weighted by atomic mass is 19.2. The van der Waals surface area contributed by atoms with E-state index in [2.05, 4.69) is 0 Å². The number of hydrogen-bond donors (Lipinski definition) is 0. The number of esters is 1. The molecule has 0 heterocycles. The van der Waals surface area contributed by atoms with Gasteiger partial charge in [0.15, 0.2) is 17.3 Å². The topological polar surface area (TPSA) is 72.7 Å². The predicted molar refractivity (Wildman–Crippen MR) is 72.1 cm³/mol. The molecular formula is C13H16F2N2O4. The van der Waals surface area contributed by atoms with Gasteiger partial charge >= 0.3 is 5.97 Å². The largest absolute Gasteiger partial charge is 0.465 e. The Morgan fingerprint density at radius 3 is 2.57 bits per heavy atom. The van der Waals surface area contributed by atoms with E-state index in [4.69, 9.17) is 4.74 Å². The van der Waals surface area contributed by atoms with Crippen LogP contribution in [-0.4, -0.2) is 30.6 Å². The maximum absolute atomic E-state index is 14.0. The number of hydrogen-bond acceptors (Lipinski definition) is 5. The van der Waals surface area contributed by atoms with Gasteiger partial charge in [-0.15, -0.1) is 0 Å². The molecule has 0 bridgehead atoms. The third kappa shape index (κ3) is 4.11. The molecule has 0 aliphatic rings. The van der Waals surface area contributed by atoms with E-state index in [1.54, 1.807) is 13.8 Å². The molecule has 1 rings (SSSR count). The first-order chi connectivity index (χ1) is 9.92. The van der Waals surface area contributed by atoms with E-state index in [0.717, 1.165) is 11.0 Å². The van der Waals surface area contributed by atoms with Gasteiger partial charge in [0.2, 0.25) is 0 Å². The van der Waals surface area contributed by atoms with E-state index in [1.165, 1.54) is 0 Å². The Morgan fingerprint density at radius 1 is 1.38 bits per heavy atom. The Morgan fingerprint density at radius 2 is 2.05 bits per heavy atom. The third-order valence-corrected chi connectivity index (χ3v) is 2.68. The maximum Gasteiger partial charge on any atom is 0.325 e. The number of nitro groups is 1. The van der Waals surface area contributed by atoms with Crippen LogP contribution in [0.5, 0.6) is 0 Å². The van der Waals surface area contributed by atoms with Gasteiger partial charge in [-0.3, -0.25) is 14.9 Å². The number of benzene rings is 1. The second-order valence-electron chi connectivity index (χ2n) is 4.21. The lowest BCUT2D eigenvalue weighted by Crippen LogP contribution is -2.33. The minimum Gasteiger partial charge on any atom is -0.465 e. The summed E-state index contributed by atoms with van der Waals surface area (Å²) in [5, 5.41) is 11.0. The Balaban J connectivity index is 3.26. The van der Waals surface area contributed by atoms with E-state index in [-0.39, 0.29) is 19.7 Å². The van der Waals surface area contributed by atoms with Crippen molar-refractivity contribution in [3.8, 4) is 0 Å². The lowest BCUT2D eigenvalue weighted by atomic mass is 10.2. The highest BCUT2D eigenvalue weighted by molar-refractivity contribution is 5.78. The van der Waals surface area contributed by atoms with Crippen molar-refractivity contribution in [2.24, 2.45) is 0 Å². The lowest BCUT2D eigenvalue weighted by molar-refractivity contribution is -0.384. The third-order valence-electron chi connectivity index (χ3n) is 2.68. The fourth-order valence-electron chi connectivity index (χ4n) is 1.88. The molecular weight excluding hydrogens is 286 g/mol. The Bertz CT molecular complexity index is 537. The predicted octanol–water partition coefficient (Wildman–Crippen LogP) is 2.65. The molecule has 1 aromatic rings. The van der Waals surface area contributed by atoms with Crippen LogP contribution in [0.3, 0.4) is 0 Å². The number of carbonyl (C=O) groups is 1. The van der Waals surface area contributed by atoms with E-state index in [1.807, 2.05) is 0 Å². The van der Waals surface area contributed by atoms with Crippen LogP contribution in [0.2, 0.25) is 0 Å². The van der Waals surface area contributed by atoms with Gasteiger partial charge in [-0.2, -0.15) is 0 Å². The first-order valence-corrected chi connectivity index (χ1v) is 6.45. The quantitative estimate of drug-likeness (QED) is 0.440. The number of anilines is 1. The molecule has 0 N–H and O–H groups in total. The molecule has 0 spiro atoms. The molecule has 0 unspecified atom stereocenters. The molecule has 0 aromatic heterocycles. The summed E-state index contributed by atoms with van der Waals surface area (Å²) < 4.78 is 32.1. The molecule has 6 nitrogen and oxygen atoms in total. The Hall–Kier alpha value is -2.25. The second-order valence-corrected chi connectivity index (χ2v) is 4.21. The fraction of sp³-hybridized carbons (Fsp3) is 0.462. The fourth-order valence-corrected chi connectivity index (χ4v) is 1.88. The van der Waals surface area contributed by atoms with Crippen LogP contribution in [0.4, 0.5) is 20.2 Å². The number of carbonyl (C=O) groups excluding carboxylic acids is 1. The average Bonchev–Trinajstić information content (AvgIpc) is 2.41. The van der Waals surface area contributed by atoms with Gasteiger partial charge in [-0.1, -0.05) is 6.92 Å². The molecule has 0 saturated heterocycles. The summed E-state index contributed by atoms with van der Waals surface area (Å²) in [6.07, 6.45) is 0.493. The summed E-state index contributed by atoms with van der Waals surface area (Å²) >= 11 is 0. The number of rotatable bonds is 7. The molecule has 0 aliphatic heterocycles. The molecule has 116 valence electrons. The van der Waals surface area contributed by atoms with Crippen molar-refractivity contribution in [3.63, 3.8) is 0 Å². The van der Waals surface area contributed by atoms with Gasteiger partial charge in [-0.05, 0) is 19.4 Å². The zero-order valence-electron chi connectivity index (χ0n) is 11.8. The molecule has 0 fully saturated rings. The molecule has 0 amide bonds. The van der Waals surface area contributed by atoms with Gasteiger partial charge in [0, 0.05) is 12.6 Å². The Labute approximate surface area is 120 Å². The number of ether oxygens (including phenoxy) is 1. The normalized spacial score (nSPS) is 10.3. The minimum absolute atomic E-state index is 0.131. The van der Waals surface area contributed by atoms with Gasteiger partial charge < -0.3 is 9.64 Å². The highest BCUT2D eigenvalue weighted by Gasteiger charge is 2.27. The monoisotopic (exact) mass is 302 g/mol. The summed E-state index contributed by atoms with van der Waals surface area (Å²) in [6.45, 7) is 3.25. The summed E-state index contributed by atoms with van der Waals surface area (Å²) in [5.41, 5.74) is -1.12. The van der Waals surface area contributed by atoms with Crippen LogP contribution < -0.4 is 4.90 Å². The summed E-state index contributed by atoms with van der Waals surface area (Å²) in [6, 6.07) is 1.56. The smallest absolute Gasteiger partial charge is 0.325 e. The summed E-state index contributed by atoms with van der Waals surface area (Å²) in [5.74, 6) is -3.22. The molecule has 8 heteroatoms. The lowest BCUT2D eigenvalue weighted by Gasteiger charge is -2.23. The first-order valence-electron chi connectivity index (χ1n) is 6.45. The minimum atomic E-state index is -1.35. The average molecular weight is 302 g/mol. The van der Waals surface area contributed by atoms with E-state index >= 15 is 0 Å². The first kappa shape index (κ1) is 16.8. The number of nitro benzene ring substituents is 1. The van der Waals surface area contributed by atoms with Crippen LogP contribution in [0.25, 0.3) is 0 Å². The molecule has 0 aliphatic carbocycles. The Kier molecular flexibility index (Phi) is 6.01. The highest BCUT2D eigenvalue weighted by Crippen LogP contribution is 2.32. The van der Waals surface area contributed by atoms with E-state index in [0.29, 0.717) is 12.5 Å². The van der Waals surface area contributed by atoms with E-state index < -0.39 is 33.9 Å². The molecule has 0 saturated carbocycles. The van der Waals surface area contributed by atoms with Crippen molar-refractivity contribution >= 4 is 17.3 Å².